The number of aryl methyl sites for hydroxylation is 1. The van der Waals surface area contributed by atoms with Crippen LogP contribution in [0.1, 0.15) is 11.3 Å². The van der Waals surface area contributed by atoms with Crippen molar-refractivity contribution in [1.29, 1.82) is 0 Å². The van der Waals surface area contributed by atoms with Gasteiger partial charge in [-0.1, -0.05) is 60.7 Å². The summed E-state index contributed by atoms with van der Waals surface area (Å²) in [6, 6.07) is 22.8. The number of piperazine rings is 1. The third-order valence-electron chi connectivity index (χ3n) is 5.44. The smallest absolute Gasteiger partial charge is 0.231 e. The SMILES string of the molecule is Cc1cc(N2CCN(C/C=C/c3ccccc3)CC2)nc(N(C)c2ccccc2)n1. The third kappa shape index (κ3) is 5.05. The minimum atomic E-state index is 0.740. The van der Waals surface area contributed by atoms with Crippen molar-refractivity contribution in [3.63, 3.8) is 0 Å². The molecule has 4 rings (SSSR count). The van der Waals surface area contributed by atoms with E-state index >= 15 is 0 Å². The molecule has 5 heteroatoms. The average Bonchev–Trinajstić information content (AvgIpc) is 2.80. The van der Waals surface area contributed by atoms with Crippen LogP contribution < -0.4 is 9.80 Å². The van der Waals surface area contributed by atoms with Gasteiger partial charge in [-0.15, -0.1) is 0 Å². The minimum absolute atomic E-state index is 0.740. The van der Waals surface area contributed by atoms with Crippen molar-refractivity contribution in [2.75, 3.05) is 49.6 Å². The first-order valence-electron chi connectivity index (χ1n) is 10.5. The monoisotopic (exact) mass is 399 g/mol. The Morgan fingerprint density at radius 3 is 2.27 bits per heavy atom. The topological polar surface area (TPSA) is 35.5 Å². The molecule has 5 nitrogen and oxygen atoms in total. The Morgan fingerprint density at radius 2 is 1.57 bits per heavy atom. The molecule has 1 aliphatic rings. The third-order valence-corrected chi connectivity index (χ3v) is 5.44. The summed E-state index contributed by atoms with van der Waals surface area (Å²) in [4.78, 5) is 16.4. The Kier molecular flexibility index (Phi) is 6.40. The van der Waals surface area contributed by atoms with Crippen LogP contribution in [0.3, 0.4) is 0 Å². The maximum Gasteiger partial charge on any atom is 0.231 e. The number of anilines is 3. The lowest BCUT2D eigenvalue weighted by atomic mass is 10.2. The van der Waals surface area contributed by atoms with Gasteiger partial charge in [-0.05, 0) is 24.6 Å². The van der Waals surface area contributed by atoms with Crippen LogP contribution in [0.15, 0.2) is 72.8 Å². The van der Waals surface area contributed by atoms with Gasteiger partial charge in [0.15, 0.2) is 0 Å². The summed E-state index contributed by atoms with van der Waals surface area (Å²) in [6.07, 6.45) is 4.46. The molecule has 1 aliphatic heterocycles. The quantitative estimate of drug-likeness (QED) is 0.614. The van der Waals surface area contributed by atoms with Gasteiger partial charge in [-0.25, -0.2) is 4.98 Å². The summed E-state index contributed by atoms with van der Waals surface area (Å²) >= 11 is 0. The molecule has 1 aromatic heterocycles. The van der Waals surface area contributed by atoms with Gasteiger partial charge in [0.1, 0.15) is 5.82 Å². The van der Waals surface area contributed by atoms with Crippen molar-refractivity contribution in [1.82, 2.24) is 14.9 Å². The summed E-state index contributed by atoms with van der Waals surface area (Å²) in [6.45, 7) is 7.04. The van der Waals surface area contributed by atoms with E-state index in [1.54, 1.807) is 0 Å². The Hall–Kier alpha value is -3.18. The lowest BCUT2D eigenvalue weighted by molar-refractivity contribution is 0.283. The van der Waals surface area contributed by atoms with Gasteiger partial charge < -0.3 is 9.80 Å². The first-order chi connectivity index (χ1) is 14.7. The molecular weight excluding hydrogens is 370 g/mol. The molecule has 0 amide bonds. The Morgan fingerprint density at radius 1 is 0.900 bits per heavy atom. The van der Waals surface area contributed by atoms with Crippen molar-refractivity contribution in [2.45, 2.75) is 6.92 Å². The summed E-state index contributed by atoms with van der Waals surface area (Å²) in [5, 5.41) is 0. The van der Waals surface area contributed by atoms with E-state index in [1.165, 1.54) is 5.56 Å². The minimum Gasteiger partial charge on any atom is -0.354 e. The lowest BCUT2D eigenvalue weighted by Crippen LogP contribution is -2.46. The second-order valence-electron chi connectivity index (χ2n) is 7.66. The van der Waals surface area contributed by atoms with Crippen molar-refractivity contribution < 1.29 is 0 Å². The van der Waals surface area contributed by atoms with E-state index in [2.05, 4.69) is 75.5 Å². The molecule has 0 N–H and O–H groups in total. The van der Waals surface area contributed by atoms with E-state index in [-0.39, 0.29) is 0 Å². The largest absolute Gasteiger partial charge is 0.354 e. The van der Waals surface area contributed by atoms with Crippen LogP contribution in [-0.4, -0.2) is 54.6 Å². The highest BCUT2D eigenvalue weighted by Gasteiger charge is 2.19. The van der Waals surface area contributed by atoms with Gasteiger partial charge in [0, 0.05) is 57.2 Å². The second kappa shape index (κ2) is 9.55. The standard InChI is InChI=1S/C25H29N5/c1-21-20-24(27-25(26-21)28(2)23-13-7-4-8-14-23)30-18-16-29(17-19-30)15-9-12-22-10-5-3-6-11-22/h3-14,20H,15-19H2,1-2H3/b12-9+. The fourth-order valence-corrected chi connectivity index (χ4v) is 3.68. The van der Waals surface area contributed by atoms with Crippen molar-refractivity contribution in [3.8, 4) is 0 Å². The molecular formula is C25H29N5. The molecule has 1 fully saturated rings. The van der Waals surface area contributed by atoms with Crippen molar-refractivity contribution in [2.24, 2.45) is 0 Å². The summed E-state index contributed by atoms with van der Waals surface area (Å²) in [5.74, 6) is 1.75. The number of rotatable bonds is 6. The van der Waals surface area contributed by atoms with Crippen LogP contribution in [-0.2, 0) is 0 Å². The molecule has 1 saturated heterocycles. The maximum absolute atomic E-state index is 4.87. The molecule has 2 aromatic carbocycles. The van der Waals surface area contributed by atoms with E-state index in [4.69, 9.17) is 4.98 Å². The Bertz CT molecular complexity index is 963. The predicted octanol–water partition coefficient (Wildman–Crippen LogP) is 4.39. The highest BCUT2D eigenvalue weighted by atomic mass is 15.3. The molecule has 154 valence electrons. The zero-order valence-corrected chi connectivity index (χ0v) is 17.8. The fraction of sp³-hybridized carbons (Fsp3) is 0.280. The number of benzene rings is 2. The number of aromatic nitrogens is 2. The molecule has 0 radical (unpaired) electrons. The molecule has 30 heavy (non-hydrogen) atoms. The van der Waals surface area contributed by atoms with Gasteiger partial charge in [0.2, 0.25) is 5.95 Å². The van der Waals surface area contributed by atoms with Gasteiger partial charge >= 0.3 is 0 Å². The number of hydrogen-bond donors (Lipinski definition) is 0. The van der Waals surface area contributed by atoms with Gasteiger partial charge in [-0.3, -0.25) is 4.90 Å². The first kappa shape index (κ1) is 20.1. The van der Waals surface area contributed by atoms with Crippen LogP contribution in [0, 0.1) is 6.92 Å². The van der Waals surface area contributed by atoms with Crippen LogP contribution in [0.2, 0.25) is 0 Å². The molecule has 0 spiro atoms. The molecule has 3 aromatic rings. The number of nitrogens with zero attached hydrogens (tertiary/aromatic N) is 5. The summed E-state index contributed by atoms with van der Waals surface area (Å²) < 4.78 is 0. The predicted molar refractivity (Wildman–Crippen MR) is 125 cm³/mol. The van der Waals surface area contributed by atoms with Crippen LogP contribution >= 0.6 is 0 Å². The summed E-state index contributed by atoms with van der Waals surface area (Å²) in [7, 11) is 2.02. The molecule has 0 atom stereocenters. The Balaban J connectivity index is 1.37. The Labute approximate surface area is 179 Å². The molecule has 0 unspecified atom stereocenters. The zero-order valence-electron chi connectivity index (χ0n) is 17.8. The number of hydrogen-bond acceptors (Lipinski definition) is 5. The number of para-hydroxylation sites is 1. The first-order valence-corrected chi connectivity index (χ1v) is 10.5. The van der Waals surface area contributed by atoms with E-state index in [0.717, 1.165) is 55.9 Å². The van der Waals surface area contributed by atoms with Crippen molar-refractivity contribution >= 4 is 23.5 Å². The zero-order chi connectivity index (χ0) is 20.8. The second-order valence-corrected chi connectivity index (χ2v) is 7.66. The molecule has 2 heterocycles. The van der Waals surface area contributed by atoms with Crippen LogP contribution in [0.5, 0.6) is 0 Å². The van der Waals surface area contributed by atoms with E-state index < -0.39 is 0 Å². The van der Waals surface area contributed by atoms with Gasteiger partial charge in [0.05, 0.1) is 0 Å². The van der Waals surface area contributed by atoms with Gasteiger partial charge in [-0.2, -0.15) is 4.98 Å². The normalized spacial score (nSPS) is 14.9. The van der Waals surface area contributed by atoms with Crippen LogP contribution in [0.4, 0.5) is 17.5 Å². The van der Waals surface area contributed by atoms with E-state index in [1.807, 2.05) is 37.1 Å². The highest BCUT2D eigenvalue weighted by Crippen LogP contribution is 2.23. The molecule has 0 saturated carbocycles. The van der Waals surface area contributed by atoms with Crippen molar-refractivity contribution in [3.05, 3.63) is 84.1 Å². The maximum atomic E-state index is 4.87. The fourth-order valence-electron chi connectivity index (χ4n) is 3.68. The van der Waals surface area contributed by atoms with E-state index in [9.17, 15) is 0 Å². The summed E-state index contributed by atoms with van der Waals surface area (Å²) in [5.41, 5.74) is 3.33. The van der Waals surface area contributed by atoms with Gasteiger partial charge in [0.25, 0.3) is 0 Å². The van der Waals surface area contributed by atoms with Crippen LogP contribution in [0.25, 0.3) is 6.08 Å². The molecule has 0 aliphatic carbocycles. The van der Waals surface area contributed by atoms with E-state index in [0.29, 0.717) is 0 Å². The highest BCUT2D eigenvalue weighted by molar-refractivity contribution is 5.58. The lowest BCUT2D eigenvalue weighted by Gasteiger charge is -2.35. The molecule has 0 bridgehead atoms. The average molecular weight is 400 g/mol.